The van der Waals surface area contributed by atoms with Crippen LogP contribution in [-0.2, 0) is 4.79 Å². The van der Waals surface area contributed by atoms with Gasteiger partial charge >= 0.3 is 0 Å². The Kier molecular flexibility index (Phi) is 5.84. The zero-order chi connectivity index (χ0) is 15.9. The topological polar surface area (TPSA) is 38.3 Å². The molecule has 0 bridgehead atoms. The van der Waals surface area contributed by atoms with Crippen LogP contribution in [0.5, 0.6) is 5.75 Å². The number of amides is 1. The first-order valence-electron chi connectivity index (χ1n) is 7.31. The largest absolute Gasteiger partial charge is 0.481 e. The summed E-state index contributed by atoms with van der Waals surface area (Å²) in [7, 11) is 0. The van der Waals surface area contributed by atoms with Crippen LogP contribution >= 0.6 is 11.6 Å². The van der Waals surface area contributed by atoms with Crippen molar-refractivity contribution in [1.82, 2.24) is 5.32 Å². The summed E-state index contributed by atoms with van der Waals surface area (Å²) in [6.07, 6.45) is -0.568. The van der Waals surface area contributed by atoms with E-state index in [0.717, 1.165) is 0 Å². The van der Waals surface area contributed by atoms with E-state index < -0.39 is 6.10 Å². The van der Waals surface area contributed by atoms with Crippen molar-refractivity contribution >= 4 is 17.5 Å². The molecule has 22 heavy (non-hydrogen) atoms. The lowest BCUT2D eigenvalue weighted by Crippen LogP contribution is -2.38. The van der Waals surface area contributed by atoms with Crippen molar-refractivity contribution in [2.45, 2.75) is 25.9 Å². The Morgan fingerprint density at radius 1 is 1.14 bits per heavy atom. The van der Waals surface area contributed by atoms with Gasteiger partial charge in [0.15, 0.2) is 6.10 Å². The van der Waals surface area contributed by atoms with Gasteiger partial charge in [0, 0.05) is 11.6 Å². The van der Waals surface area contributed by atoms with E-state index in [1.165, 1.54) is 5.56 Å². The molecule has 2 rings (SSSR count). The molecule has 116 valence electrons. The van der Waals surface area contributed by atoms with Crippen molar-refractivity contribution < 1.29 is 9.53 Å². The predicted molar refractivity (Wildman–Crippen MR) is 89.4 cm³/mol. The van der Waals surface area contributed by atoms with Gasteiger partial charge in [0.2, 0.25) is 0 Å². The van der Waals surface area contributed by atoms with E-state index in [-0.39, 0.29) is 11.8 Å². The maximum atomic E-state index is 12.1. The van der Waals surface area contributed by atoms with Gasteiger partial charge in [-0.15, -0.1) is 0 Å². The van der Waals surface area contributed by atoms with Gasteiger partial charge in [0.25, 0.3) is 5.91 Å². The number of carbonyl (C=O) groups is 1. The van der Waals surface area contributed by atoms with E-state index in [4.69, 9.17) is 16.3 Å². The van der Waals surface area contributed by atoms with Crippen LogP contribution in [0.4, 0.5) is 0 Å². The van der Waals surface area contributed by atoms with E-state index in [2.05, 4.69) is 24.4 Å². The molecule has 1 N–H and O–H groups in total. The second-order valence-corrected chi connectivity index (χ2v) is 5.71. The Hall–Kier alpha value is -2.00. The number of halogens is 1. The predicted octanol–water partition coefficient (Wildman–Crippen LogP) is 4.03. The summed E-state index contributed by atoms with van der Waals surface area (Å²) in [4.78, 5) is 12.1. The Bertz CT molecular complexity index is 615. The van der Waals surface area contributed by atoms with Crippen molar-refractivity contribution in [2.24, 2.45) is 0 Å². The van der Waals surface area contributed by atoms with Crippen molar-refractivity contribution in [2.75, 3.05) is 6.54 Å². The van der Waals surface area contributed by atoms with Crippen LogP contribution in [-0.4, -0.2) is 18.6 Å². The number of hydrogen-bond donors (Lipinski definition) is 1. The fourth-order valence-electron chi connectivity index (χ4n) is 2.09. The normalized spacial score (nSPS) is 13.2. The molecule has 2 atom stereocenters. The van der Waals surface area contributed by atoms with Crippen molar-refractivity contribution in [3.8, 4) is 5.75 Å². The number of benzene rings is 2. The molecule has 0 fully saturated rings. The molecule has 0 aliphatic carbocycles. The van der Waals surface area contributed by atoms with Crippen LogP contribution in [0.15, 0.2) is 54.6 Å². The first-order chi connectivity index (χ1) is 10.6. The molecule has 0 heterocycles. The first-order valence-corrected chi connectivity index (χ1v) is 7.69. The van der Waals surface area contributed by atoms with E-state index >= 15 is 0 Å². The fourth-order valence-corrected chi connectivity index (χ4v) is 2.28. The van der Waals surface area contributed by atoms with E-state index in [0.29, 0.717) is 17.3 Å². The molecular weight excluding hydrogens is 298 g/mol. The maximum absolute atomic E-state index is 12.1. The van der Waals surface area contributed by atoms with Crippen LogP contribution in [0.3, 0.4) is 0 Å². The molecule has 0 radical (unpaired) electrons. The summed E-state index contributed by atoms with van der Waals surface area (Å²) in [6, 6.07) is 17.1. The third-order valence-corrected chi connectivity index (χ3v) is 3.66. The minimum absolute atomic E-state index is 0.136. The highest BCUT2D eigenvalue weighted by atomic mass is 35.5. The number of rotatable bonds is 6. The van der Waals surface area contributed by atoms with Crippen LogP contribution < -0.4 is 10.1 Å². The second-order valence-electron chi connectivity index (χ2n) is 5.27. The Labute approximate surface area is 136 Å². The zero-order valence-electron chi connectivity index (χ0n) is 12.8. The molecule has 0 aromatic heterocycles. The van der Waals surface area contributed by atoms with Gasteiger partial charge in [-0.3, -0.25) is 4.79 Å². The van der Waals surface area contributed by atoms with Crippen molar-refractivity contribution in [3.05, 3.63) is 65.2 Å². The molecule has 2 aromatic rings. The molecule has 2 aromatic carbocycles. The first kappa shape index (κ1) is 16.4. The lowest BCUT2D eigenvalue weighted by molar-refractivity contribution is -0.127. The van der Waals surface area contributed by atoms with Crippen molar-refractivity contribution in [1.29, 1.82) is 0 Å². The SMILES string of the molecule is C[C@H](Oc1cccc(Cl)c1)C(=O)NC[C@@H](C)c1ccccc1. The zero-order valence-corrected chi connectivity index (χ0v) is 13.5. The number of ether oxygens (including phenoxy) is 1. The number of carbonyl (C=O) groups excluding carboxylic acids is 1. The average Bonchev–Trinajstić information content (AvgIpc) is 2.53. The summed E-state index contributed by atoms with van der Waals surface area (Å²) in [5, 5.41) is 3.50. The van der Waals surface area contributed by atoms with Crippen molar-refractivity contribution in [3.63, 3.8) is 0 Å². The summed E-state index contributed by atoms with van der Waals surface area (Å²) in [5.41, 5.74) is 1.20. The summed E-state index contributed by atoms with van der Waals surface area (Å²) < 4.78 is 5.60. The van der Waals surface area contributed by atoms with Gasteiger partial charge in [0.1, 0.15) is 5.75 Å². The lowest BCUT2D eigenvalue weighted by atomic mass is 10.0. The summed E-state index contributed by atoms with van der Waals surface area (Å²) >= 11 is 5.90. The molecule has 0 aliphatic rings. The minimum atomic E-state index is -0.568. The third kappa shape index (κ3) is 4.78. The molecule has 3 nitrogen and oxygen atoms in total. The monoisotopic (exact) mass is 317 g/mol. The van der Waals surface area contributed by atoms with Crippen LogP contribution in [0.2, 0.25) is 5.02 Å². The molecular formula is C18H20ClNO2. The standard InChI is InChI=1S/C18H20ClNO2/c1-13(15-7-4-3-5-8-15)12-20-18(21)14(2)22-17-10-6-9-16(19)11-17/h3-11,13-14H,12H2,1-2H3,(H,20,21)/t13-,14+/m1/s1. The quantitative estimate of drug-likeness (QED) is 0.873. The van der Waals surface area contributed by atoms with Gasteiger partial charge < -0.3 is 10.1 Å². The maximum Gasteiger partial charge on any atom is 0.260 e. The fraction of sp³-hybridized carbons (Fsp3) is 0.278. The molecule has 0 unspecified atom stereocenters. The molecule has 1 amide bonds. The summed E-state index contributed by atoms with van der Waals surface area (Å²) in [5.74, 6) is 0.706. The highest BCUT2D eigenvalue weighted by molar-refractivity contribution is 6.30. The molecule has 0 aliphatic heterocycles. The smallest absolute Gasteiger partial charge is 0.260 e. The lowest BCUT2D eigenvalue weighted by Gasteiger charge is -2.17. The molecule has 0 spiro atoms. The van der Waals surface area contributed by atoms with E-state index in [1.54, 1.807) is 31.2 Å². The van der Waals surface area contributed by atoms with Crippen LogP contribution in [0.25, 0.3) is 0 Å². The second kappa shape index (κ2) is 7.85. The Morgan fingerprint density at radius 2 is 1.86 bits per heavy atom. The van der Waals surface area contributed by atoms with Gasteiger partial charge in [-0.25, -0.2) is 0 Å². The Balaban J connectivity index is 1.84. The average molecular weight is 318 g/mol. The van der Waals surface area contributed by atoms with Gasteiger partial charge in [-0.2, -0.15) is 0 Å². The van der Waals surface area contributed by atoms with E-state index in [1.807, 2.05) is 18.2 Å². The Morgan fingerprint density at radius 3 is 2.55 bits per heavy atom. The van der Waals surface area contributed by atoms with Crippen LogP contribution in [0, 0.1) is 0 Å². The highest BCUT2D eigenvalue weighted by Crippen LogP contribution is 2.18. The number of nitrogens with one attached hydrogen (secondary N) is 1. The number of hydrogen-bond acceptors (Lipinski definition) is 2. The van der Waals surface area contributed by atoms with Gasteiger partial charge in [-0.05, 0) is 36.6 Å². The van der Waals surface area contributed by atoms with Crippen LogP contribution in [0.1, 0.15) is 25.3 Å². The minimum Gasteiger partial charge on any atom is -0.481 e. The molecule has 0 saturated heterocycles. The third-order valence-electron chi connectivity index (χ3n) is 3.43. The molecule has 4 heteroatoms. The van der Waals surface area contributed by atoms with E-state index in [9.17, 15) is 4.79 Å². The summed E-state index contributed by atoms with van der Waals surface area (Å²) in [6.45, 7) is 4.38. The molecule has 0 saturated carbocycles. The van der Waals surface area contributed by atoms with Gasteiger partial charge in [-0.1, -0.05) is 54.9 Å². The highest BCUT2D eigenvalue weighted by Gasteiger charge is 2.15. The van der Waals surface area contributed by atoms with Gasteiger partial charge in [0.05, 0.1) is 0 Å².